The molecule has 0 aliphatic heterocycles. The van der Waals surface area contributed by atoms with Crippen LogP contribution in [-0.4, -0.2) is 15.0 Å². The van der Waals surface area contributed by atoms with Gasteiger partial charge < -0.3 is 4.42 Å². The van der Waals surface area contributed by atoms with Crippen LogP contribution in [0.15, 0.2) is 192 Å². The summed E-state index contributed by atoms with van der Waals surface area (Å²) < 4.78 is 6.51. The number of rotatable bonds is 6. The fourth-order valence-corrected chi connectivity index (χ4v) is 7.21. The Balaban J connectivity index is 1.04. The molecule has 0 aliphatic carbocycles. The summed E-state index contributed by atoms with van der Waals surface area (Å²) in [7, 11) is 0. The largest absolute Gasteiger partial charge is 0.456 e. The number of hydrogen-bond acceptors (Lipinski definition) is 4. The molecule has 4 heteroatoms. The first kappa shape index (κ1) is 30.6. The maximum atomic E-state index is 6.51. The van der Waals surface area contributed by atoms with Gasteiger partial charge in [-0.3, -0.25) is 0 Å². The molecule has 2 heterocycles. The highest BCUT2D eigenvalue weighted by Crippen LogP contribution is 2.39. The predicted molar refractivity (Wildman–Crippen MR) is 217 cm³/mol. The molecular weight excluding hydrogens is 647 g/mol. The van der Waals surface area contributed by atoms with Gasteiger partial charge in [-0.05, 0) is 68.4 Å². The maximum absolute atomic E-state index is 6.51. The van der Waals surface area contributed by atoms with Gasteiger partial charge in [0, 0.05) is 27.5 Å². The van der Waals surface area contributed by atoms with Gasteiger partial charge >= 0.3 is 0 Å². The lowest BCUT2D eigenvalue weighted by molar-refractivity contribution is 0.669. The van der Waals surface area contributed by atoms with Crippen molar-refractivity contribution >= 4 is 32.7 Å². The van der Waals surface area contributed by atoms with Crippen molar-refractivity contribution < 1.29 is 4.42 Å². The van der Waals surface area contributed by atoms with Gasteiger partial charge in [0.05, 0.1) is 0 Å². The van der Waals surface area contributed by atoms with Crippen LogP contribution in [0.3, 0.4) is 0 Å². The number of hydrogen-bond donors (Lipinski definition) is 0. The SMILES string of the molecule is c1ccc(-c2ccc(-c3cccc4oc5cc(-c6nc(-c7ccccc7)nc(-c7ccc(-c8ccc9ccccc9c8)cc7)n6)ccc5c34)cc2)cc1. The van der Waals surface area contributed by atoms with Crippen LogP contribution in [0.5, 0.6) is 0 Å². The van der Waals surface area contributed by atoms with E-state index in [-0.39, 0.29) is 0 Å². The first-order chi connectivity index (χ1) is 26.2. The van der Waals surface area contributed by atoms with Crippen LogP contribution in [0.4, 0.5) is 0 Å². The highest BCUT2D eigenvalue weighted by atomic mass is 16.3. The number of fused-ring (bicyclic) bond motifs is 4. The molecule has 0 unspecified atom stereocenters. The van der Waals surface area contributed by atoms with Crippen LogP contribution in [-0.2, 0) is 0 Å². The topological polar surface area (TPSA) is 51.8 Å². The molecule has 0 amide bonds. The average Bonchev–Trinajstić information content (AvgIpc) is 3.62. The molecule has 8 aromatic carbocycles. The summed E-state index contributed by atoms with van der Waals surface area (Å²) in [6.45, 7) is 0. The Bertz CT molecular complexity index is 2910. The molecule has 53 heavy (non-hydrogen) atoms. The van der Waals surface area contributed by atoms with Gasteiger partial charge in [0.15, 0.2) is 17.5 Å². The van der Waals surface area contributed by atoms with Gasteiger partial charge in [-0.1, -0.05) is 164 Å². The molecule has 0 saturated heterocycles. The molecule has 10 aromatic rings. The van der Waals surface area contributed by atoms with Crippen LogP contribution < -0.4 is 0 Å². The summed E-state index contributed by atoms with van der Waals surface area (Å²) >= 11 is 0. The Morgan fingerprint density at radius 2 is 0.811 bits per heavy atom. The van der Waals surface area contributed by atoms with E-state index in [1.165, 1.54) is 27.5 Å². The number of nitrogens with zero attached hydrogens (tertiary/aromatic N) is 3. The van der Waals surface area contributed by atoms with Crippen molar-refractivity contribution in [1.29, 1.82) is 0 Å². The van der Waals surface area contributed by atoms with E-state index in [1.807, 2.05) is 48.5 Å². The van der Waals surface area contributed by atoms with E-state index in [4.69, 9.17) is 19.4 Å². The quantitative estimate of drug-likeness (QED) is 0.176. The number of aromatic nitrogens is 3. The van der Waals surface area contributed by atoms with E-state index in [0.29, 0.717) is 17.5 Å². The van der Waals surface area contributed by atoms with Crippen molar-refractivity contribution in [2.45, 2.75) is 0 Å². The summed E-state index contributed by atoms with van der Waals surface area (Å²) in [4.78, 5) is 15.0. The zero-order chi connectivity index (χ0) is 35.1. The lowest BCUT2D eigenvalue weighted by Gasteiger charge is -2.09. The third-order valence-electron chi connectivity index (χ3n) is 9.95. The minimum Gasteiger partial charge on any atom is -0.456 e. The number of benzene rings is 8. The second-order valence-electron chi connectivity index (χ2n) is 13.2. The van der Waals surface area contributed by atoms with Gasteiger partial charge in [0.25, 0.3) is 0 Å². The van der Waals surface area contributed by atoms with Crippen LogP contribution in [0.2, 0.25) is 0 Å². The molecule has 0 aliphatic rings. The van der Waals surface area contributed by atoms with Gasteiger partial charge in [0.1, 0.15) is 11.2 Å². The maximum Gasteiger partial charge on any atom is 0.164 e. The second kappa shape index (κ2) is 12.9. The van der Waals surface area contributed by atoms with Crippen molar-refractivity contribution in [3.05, 3.63) is 188 Å². The monoisotopic (exact) mass is 677 g/mol. The molecule has 2 aromatic heterocycles. The summed E-state index contributed by atoms with van der Waals surface area (Å²) in [5.41, 5.74) is 11.3. The van der Waals surface area contributed by atoms with Crippen LogP contribution in [0.25, 0.3) is 100 Å². The smallest absolute Gasteiger partial charge is 0.164 e. The molecule has 0 saturated carbocycles. The molecule has 4 nitrogen and oxygen atoms in total. The Morgan fingerprint density at radius 3 is 1.53 bits per heavy atom. The second-order valence-corrected chi connectivity index (χ2v) is 13.2. The molecule has 10 rings (SSSR count). The Morgan fingerprint density at radius 1 is 0.302 bits per heavy atom. The first-order valence-electron chi connectivity index (χ1n) is 17.8. The van der Waals surface area contributed by atoms with Gasteiger partial charge in [-0.25, -0.2) is 15.0 Å². The molecule has 0 radical (unpaired) electrons. The molecule has 0 N–H and O–H groups in total. The van der Waals surface area contributed by atoms with E-state index >= 15 is 0 Å². The number of furan rings is 1. The van der Waals surface area contributed by atoms with Crippen molar-refractivity contribution in [3.63, 3.8) is 0 Å². The Kier molecular flexibility index (Phi) is 7.43. The standard InChI is InChI=1S/C49H31N3O/c1-3-10-32(11-4-1)34-18-23-36(24-19-34)42-16-9-17-44-46(42)43-29-28-41(31-45(43)53-44)49-51-47(37-13-5-2-6-14-37)50-48(52-49)38-25-20-35(21-26-38)40-27-22-33-12-7-8-15-39(33)30-40/h1-31H. The minimum atomic E-state index is 0.589. The van der Waals surface area contributed by atoms with Crippen LogP contribution in [0, 0.1) is 0 Å². The summed E-state index contributed by atoms with van der Waals surface area (Å²) in [6.07, 6.45) is 0. The molecule has 0 fully saturated rings. The molecular formula is C49H31N3O. The molecule has 0 spiro atoms. The molecule has 0 atom stereocenters. The Hall–Kier alpha value is -7.17. The fourth-order valence-electron chi connectivity index (χ4n) is 7.21. The van der Waals surface area contributed by atoms with Crippen molar-refractivity contribution in [2.24, 2.45) is 0 Å². The highest BCUT2D eigenvalue weighted by Gasteiger charge is 2.17. The first-order valence-corrected chi connectivity index (χ1v) is 17.8. The van der Waals surface area contributed by atoms with E-state index in [9.17, 15) is 0 Å². The summed E-state index contributed by atoms with van der Waals surface area (Å²) in [5.74, 6) is 1.83. The predicted octanol–water partition coefficient (Wildman–Crippen LogP) is 12.9. The normalized spacial score (nSPS) is 11.4. The van der Waals surface area contributed by atoms with E-state index in [1.54, 1.807) is 0 Å². The average molecular weight is 678 g/mol. The van der Waals surface area contributed by atoms with E-state index < -0.39 is 0 Å². The van der Waals surface area contributed by atoms with Gasteiger partial charge in [0.2, 0.25) is 0 Å². The Labute approximate surface area is 306 Å². The lowest BCUT2D eigenvalue weighted by Crippen LogP contribution is -2.00. The zero-order valence-corrected chi connectivity index (χ0v) is 28.6. The van der Waals surface area contributed by atoms with Crippen LogP contribution >= 0.6 is 0 Å². The fraction of sp³-hybridized carbons (Fsp3) is 0. The van der Waals surface area contributed by atoms with Crippen molar-refractivity contribution in [1.82, 2.24) is 15.0 Å². The third kappa shape index (κ3) is 5.73. The van der Waals surface area contributed by atoms with Gasteiger partial charge in [-0.15, -0.1) is 0 Å². The molecule has 248 valence electrons. The van der Waals surface area contributed by atoms with Crippen molar-refractivity contribution in [2.75, 3.05) is 0 Å². The van der Waals surface area contributed by atoms with E-state index in [0.717, 1.165) is 55.3 Å². The minimum absolute atomic E-state index is 0.589. The van der Waals surface area contributed by atoms with Gasteiger partial charge in [-0.2, -0.15) is 0 Å². The summed E-state index contributed by atoms with van der Waals surface area (Å²) in [5, 5.41) is 4.59. The highest BCUT2D eigenvalue weighted by molar-refractivity contribution is 6.13. The lowest BCUT2D eigenvalue weighted by atomic mass is 9.96. The third-order valence-corrected chi connectivity index (χ3v) is 9.95. The summed E-state index contributed by atoms with van der Waals surface area (Å²) in [6, 6.07) is 65.3. The van der Waals surface area contributed by atoms with Crippen molar-refractivity contribution in [3.8, 4) is 67.5 Å². The zero-order valence-electron chi connectivity index (χ0n) is 28.6. The van der Waals surface area contributed by atoms with E-state index in [2.05, 4.69) is 140 Å². The molecule has 0 bridgehead atoms. The van der Waals surface area contributed by atoms with Crippen LogP contribution in [0.1, 0.15) is 0 Å².